The molecule has 0 atom stereocenters. The summed E-state index contributed by atoms with van der Waals surface area (Å²) in [6.07, 6.45) is 4.48. The predicted molar refractivity (Wildman–Crippen MR) is 76.6 cm³/mol. The number of pyridine rings is 1. The first kappa shape index (κ1) is 12.4. The molecule has 0 saturated heterocycles. The average molecular weight is 276 g/mol. The molecule has 19 heavy (non-hydrogen) atoms. The summed E-state index contributed by atoms with van der Waals surface area (Å²) in [6, 6.07) is 2.10. The first-order valence-electron chi connectivity index (χ1n) is 6.58. The molecule has 3 rings (SSSR count). The quantitative estimate of drug-likeness (QED) is 0.856. The van der Waals surface area contributed by atoms with Crippen molar-refractivity contribution in [3.05, 3.63) is 22.2 Å². The highest BCUT2D eigenvalue weighted by atomic mass is 32.1. The molecular formula is C14H16N2O2S. The van der Waals surface area contributed by atoms with Gasteiger partial charge in [-0.15, -0.1) is 11.3 Å². The second-order valence-electron chi connectivity index (χ2n) is 4.72. The maximum atomic E-state index is 11.8. The van der Waals surface area contributed by atoms with E-state index in [9.17, 15) is 4.79 Å². The molecule has 2 aromatic heterocycles. The molecular weight excluding hydrogens is 260 g/mol. The second kappa shape index (κ2) is 4.81. The van der Waals surface area contributed by atoms with Gasteiger partial charge in [-0.1, -0.05) is 0 Å². The third-order valence-electron chi connectivity index (χ3n) is 3.46. The summed E-state index contributed by atoms with van der Waals surface area (Å²) >= 11 is 1.33. The van der Waals surface area contributed by atoms with Gasteiger partial charge in [0.1, 0.15) is 9.71 Å². The van der Waals surface area contributed by atoms with Gasteiger partial charge in [-0.05, 0) is 44.2 Å². The number of aromatic nitrogens is 1. The van der Waals surface area contributed by atoms with Crippen LogP contribution in [0.4, 0.5) is 5.69 Å². The molecule has 0 unspecified atom stereocenters. The van der Waals surface area contributed by atoms with E-state index >= 15 is 0 Å². The van der Waals surface area contributed by atoms with Crippen LogP contribution in [0.1, 0.15) is 40.7 Å². The summed E-state index contributed by atoms with van der Waals surface area (Å²) in [5.41, 5.74) is 9.03. The smallest absolute Gasteiger partial charge is 0.350 e. The van der Waals surface area contributed by atoms with Gasteiger partial charge in [-0.3, -0.25) is 0 Å². The molecule has 4 nitrogen and oxygen atoms in total. The molecule has 0 fully saturated rings. The zero-order valence-electron chi connectivity index (χ0n) is 10.9. The van der Waals surface area contributed by atoms with Gasteiger partial charge in [0.05, 0.1) is 12.3 Å². The number of nitrogen functional groups attached to an aromatic ring is 1. The van der Waals surface area contributed by atoms with Crippen molar-refractivity contribution in [2.45, 2.75) is 32.6 Å². The monoisotopic (exact) mass is 276 g/mol. The van der Waals surface area contributed by atoms with Crippen LogP contribution in [-0.4, -0.2) is 17.6 Å². The number of nitrogens with two attached hydrogens (primary N) is 1. The lowest BCUT2D eigenvalue weighted by Crippen LogP contribution is -2.05. The summed E-state index contributed by atoms with van der Waals surface area (Å²) in [7, 11) is 0. The van der Waals surface area contributed by atoms with Crippen molar-refractivity contribution in [1.29, 1.82) is 0 Å². The Labute approximate surface area is 115 Å². The second-order valence-corrected chi connectivity index (χ2v) is 5.72. The van der Waals surface area contributed by atoms with Crippen LogP contribution in [0.25, 0.3) is 10.2 Å². The van der Waals surface area contributed by atoms with Crippen LogP contribution in [0.15, 0.2) is 6.07 Å². The van der Waals surface area contributed by atoms with E-state index in [1.807, 2.05) is 0 Å². The molecule has 2 aromatic rings. The lowest BCUT2D eigenvalue weighted by molar-refractivity contribution is 0.0533. The van der Waals surface area contributed by atoms with Crippen molar-refractivity contribution in [2.75, 3.05) is 12.3 Å². The zero-order valence-corrected chi connectivity index (χ0v) is 11.7. The van der Waals surface area contributed by atoms with Crippen molar-refractivity contribution in [3.63, 3.8) is 0 Å². The normalized spacial score (nSPS) is 14.4. The number of rotatable bonds is 2. The molecule has 100 valence electrons. The third kappa shape index (κ3) is 2.08. The number of thiophene rings is 1. The first-order valence-corrected chi connectivity index (χ1v) is 7.40. The molecule has 5 heteroatoms. The van der Waals surface area contributed by atoms with Gasteiger partial charge in [-0.25, -0.2) is 9.78 Å². The summed E-state index contributed by atoms with van der Waals surface area (Å²) in [6.45, 7) is 2.15. The van der Waals surface area contributed by atoms with Crippen LogP contribution in [-0.2, 0) is 17.6 Å². The Balaban J connectivity index is 2.12. The van der Waals surface area contributed by atoms with Crippen molar-refractivity contribution in [2.24, 2.45) is 0 Å². The molecule has 2 N–H and O–H groups in total. The topological polar surface area (TPSA) is 65.2 Å². The van der Waals surface area contributed by atoms with Crippen LogP contribution in [0.2, 0.25) is 0 Å². The highest BCUT2D eigenvalue weighted by molar-refractivity contribution is 7.21. The predicted octanol–water partition coefficient (Wildman–Crippen LogP) is 2.93. The average Bonchev–Trinajstić information content (AvgIpc) is 2.74. The van der Waals surface area contributed by atoms with Gasteiger partial charge in [0, 0.05) is 11.1 Å². The number of carbonyl (C=O) groups is 1. The Hall–Kier alpha value is -1.62. The van der Waals surface area contributed by atoms with E-state index in [4.69, 9.17) is 10.5 Å². The summed E-state index contributed by atoms with van der Waals surface area (Å²) < 4.78 is 5.03. The summed E-state index contributed by atoms with van der Waals surface area (Å²) in [5.74, 6) is -0.346. The fraction of sp³-hybridized carbons (Fsp3) is 0.429. The molecule has 0 aliphatic heterocycles. The van der Waals surface area contributed by atoms with Crippen molar-refractivity contribution < 1.29 is 9.53 Å². The maximum absolute atomic E-state index is 11.8. The minimum absolute atomic E-state index is 0.346. The number of carbonyl (C=O) groups excluding carboxylic acids is 1. The number of fused-ring (bicyclic) bond motifs is 2. The van der Waals surface area contributed by atoms with E-state index in [1.54, 1.807) is 6.92 Å². The number of anilines is 1. The minimum Gasteiger partial charge on any atom is -0.462 e. The first-order chi connectivity index (χ1) is 9.20. The van der Waals surface area contributed by atoms with Crippen LogP contribution in [0.5, 0.6) is 0 Å². The van der Waals surface area contributed by atoms with Crippen molar-refractivity contribution in [3.8, 4) is 0 Å². The Kier molecular flexibility index (Phi) is 3.14. The molecule has 1 aliphatic rings. The lowest BCUT2D eigenvalue weighted by atomic mass is 9.95. The highest BCUT2D eigenvalue weighted by Gasteiger charge is 2.20. The van der Waals surface area contributed by atoms with Crippen LogP contribution >= 0.6 is 11.3 Å². The summed E-state index contributed by atoms with van der Waals surface area (Å²) in [4.78, 5) is 17.8. The zero-order chi connectivity index (χ0) is 13.4. The number of aryl methyl sites for hydroxylation is 2. The van der Waals surface area contributed by atoms with Crippen molar-refractivity contribution >= 4 is 33.2 Å². The molecule has 0 amide bonds. The molecule has 0 saturated carbocycles. The van der Waals surface area contributed by atoms with Crippen LogP contribution in [0.3, 0.4) is 0 Å². The van der Waals surface area contributed by atoms with Gasteiger partial charge in [-0.2, -0.15) is 0 Å². The Morgan fingerprint density at radius 1 is 1.47 bits per heavy atom. The lowest BCUT2D eigenvalue weighted by Gasteiger charge is -2.14. The Morgan fingerprint density at radius 3 is 3.05 bits per heavy atom. The molecule has 1 aliphatic carbocycles. The van der Waals surface area contributed by atoms with Gasteiger partial charge in [0.15, 0.2) is 0 Å². The number of esters is 1. The van der Waals surface area contributed by atoms with E-state index in [0.29, 0.717) is 17.2 Å². The van der Waals surface area contributed by atoms with Gasteiger partial charge in [0.25, 0.3) is 0 Å². The molecule has 0 radical (unpaired) electrons. The largest absolute Gasteiger partial charge is 0.462 e. The minimum atomic E-state index is -0.346. The number of hydrogen-bond acceptors (Lipinski definition) is 5. The number of nitrogens with zero attached hydrogens (tertiary/aromatic N) is 1. The van der Waals surface area contributed by atoms with Gasteiger partial charge < -0.3 is 10.5 Å². The molecule has 0 aromatic carbocycles. The summed E-state index contributed by atoms with van der Waals surface area (Å²) in [5, 5.41) is 0.897. The molecule has 2 heterocycles. The van der Waals surface area contributed by atoms with Crippen LogP contribution < -0.4 is 5.73 Å². The van der Waals surface area contributed by atoms with E-state index in [1.165, 1.54) is 29.7 Å². The van der Waals surface area contributed by atoms with Gasteiger partial charge >= 0.3 is 5.97 Å². The van der Waals surface area contributed by atoms with Crippen molar-refractivity contribution in [1.82, 2.24) is 4.98 Å². The Bertz CT molecular complexity index is 648. The van der Waals surface area contributed by atoms with E-state index in [2.05, 4.69) is 11.1 Å². The van der Waals surface area contributed by atoms with Gasteiger partial charge in [0.2, 0.25) is 0 Å². The number of hydrogen-bond donors (Lipinski definition) is 1. The standard InChI is InChI=1S/C14H16N2O2S/c1-2-18-14(17)12-11(15)9-7-8-5-3-4-6-10(8)16-13(9)19-12/h7H,2-6,15H2,1H3. The number of ether oxygens (including phenoxy) is 1. The third-order valence-corrected chi connectivity index (χ3v) is 4.56. The fourth-order valence-corrected chi connectivity index (χ4v) is 3.50. The molecule has 0 spiro atoms. The maximum Gasteiger partial charge on any atom is 0.350 e. The van der Waals surface area contributed by atoms with Crippen LogP contribution in [0, 0.1) is 0 Å². The molecule has 0 bridgehead atoms. The Morgan fingerprint density at radius 2 is 2.26 bits per heavy atom. The SMILES string of the molecule is CCOC(=O)c1sc2nc3c(cc2c1N)CCCC3. The van der Waals surface area contributed by atoms with E-state index < -0.39 is 0 Å². The van der Waals surface area contributed by atoms with E-state index in [-0.39, 0.29) is 5.97 Å². The van der Waals surface area contributed by atoms with E-state index in [0.717, 1.165) is 28.8 Å². The highest BCUT2D eigenvalue weighted by Crippen LogP contribution is 2.35. The fourth-order valence-electron chi connectivity index (χ4n) is 2.51.